The molecule has 0 saturated heterocycles. The van der Waals surface area contributed by atoms with Crippen molar-refractivity contribution in [1.29, 1.82) is 0 Å². The van der Waals surface area contributed by atoms with Gasteiger partial charge in [-0.3, -0.25) is 9.52 Å². The Morgan fingerprint density at radius 3 is 2.27 bits per heavy atom. The van der Waals surface area contributed by atoms with Crippen molar-refractivity contribution >= 4 is 55.9 Å². The minimum absolute atomic E-state index is 0.202. The molecule has 1 rings (SSSR count). The summed E-state index contributed by atoms with van der Waals surface area (Å²) >= 11 is 6.46. The van der Waals surface area contributed by atoms with E-state index in [4.69, 9.17) is 12.2 Å². The first-order chi connectivity index (χ1) is 13.7. The van der Waals surface area contributed by atoms with E-state index in [1.807, 2.05) is 19.0 Å². The molecule has 0 aromatic heterocycles. The van der Waals surface area contributed by atoms with Crippen molar-refractivity contribution < 1.29 is 23.1 Å². The number of carbonyl (C=O) groups excluding carboxylic acids is 1. The number of nitrogens with one attached hydrogen (secondary N) is 3. The van der Waals surface area contributed by atoms with E-state index in [0.29, 0.717) is 16.6 Å². The highest BCUT2D eigenvalue weighted by atomic mass is 32.2. The maximum atomic E-state index is 12.6. The maximum Gasteiger partial charge on any atom is 0.327 e. The number of thiocarbonyl (C=S) groups is 1. The lowest BCUT2D eigenvalue weighted by molar-refractivity contribution is -0.139. The number of benzene rings is 1. The molecule has 0 fully saturated rings. The van der Waals surface area contributed by atoms with Gasteiger partial charge >= 0.3 is 5.97 Å². The van der Waals surface area contributed by atoms with Gasteiger partial charge in [0.05, 0.1) is 6.26 Å². The highest BCUT2D eigenvalue weighted by Gasteiger charge is 2.38. The van der Waals surface area contributed by atoms with Gasteiger partial charge in [0.2, 0.25) is 10.0 Å². The number of amides is 1. The van der Waals surface area contributed by atoms with Gasteiger partial charge in [0.1, 0.15) is 10.4 Å². The molecule has 12 heteroatoms. The van der Waals surface area contributed by atoms with Crippen LogP contribution in [0.5, 0.6) is 0 Å². The predicted octanol–water partition coefficient (Wildman–Crippen LogP) is 1.19. The molecule has 9 nitrogen and oxygen atoms in total. The molecule has 0 spiro atoms. The molecule has 1 amide bonds. The lowest BCUT2D eigenvalue weighted by Gasteiger charge is -2.31. The smallest absolute Gasteiger partial charge is 0.327 e. The zero-order valence-electron chi connectivity index (χ0n) is 17.6. The van der Waals surface area contributed by atoms with Gasteiger partial charge in [0.15, 0.2) is 0 Å². The van der Waals surface area contributed by atoms with Gasteiger partial charge in [-0.1, -0.05) is 24.0 Å². The third kappa shape index (κ3) is 9.28. The monoisotopic (exact) mass is 476 g/mol. The number of hydrogen-bond acceptors (Lipinski definition) is 7. The second-order valence-electron chi connectivity index (χ2n) is 7.42. The normalized spacial score (nSPS) is 12.9. The zero-order valence-corrected chi connectivity index (χ0v) is 20.0. The van der Waals surface area contributed by atoms with Crippen LogP contribution in [-0.2, 0) is 14.8 Å². The summed E-state index contributed by atoms with van der Waals surface area (Å²) in [5.41, 5.74) is 0.502. The fourth-order valence-corrected chi connectivity index (χ4v) is 4.61. The third-order valence-electron chi connectivity index (χ3n) is 3.85. The fraction of sp³-hybridized carbons (Fsp3) is 0.500. The van der Waals surface area contributed by atoms with E-state index in [9.17, 15) is 23.1 Å². The van der Waals surface area contributed by atoms with Gasteiger partial charge in [-0.25, -0.2) is 13.2 Å². The summed E-state index contributed by atoms with van der Waals surface area (Å²) in [6.07, 6.45) is 1.02. The summed E-state index contributed by atoms with van der Waals surface area (Å²) in [6, 6.07) is 4.47. The average Bonchev–Trinajstić information content (AvgIpc) is 2.57. The van der Waals surface area contributed by atoms with Crippen LogP contribution in [0.3, 0.4) is 0 Å². The number of likely N-dealkylation sites (N-methyl/N-ethyl adjacent to an activating group) is 1. The SMILES string of the molecule is CN(C)CCNC(=S)SC(C)(C)[C@H](NC(=O)c1ccc(NS(C)(=O)=O)cc1)C(=O)O. The van der Waals surface area contributed by atoms with Crippen molar-refractivity contribution in [3.63, 3.8) is 0 Å². The average molecular weight is 477 g/mol. The van der Waals surface area contributed by atoms with Crippen LogP contribution in [0.2, 0.25) is 0 Å². The first-order valence-corrected chi connectivity index (χ1v) is 12.1. The molecule has 1 atom stereocenters. The minimum Gasteiger partial charge on any atom is -0.480 e. The molecule has 30 heavy (non-hydrogen) atoms. The molecular weight excluding hydrogens is 448 g/mol. The van der Waals surface area contributed by atoms with Gasteiger partial charge in [-0.15, -0.1) is 0 Å². The molecule has 0 aliphatic heterocycles. The molecule has 168 valence electrons. The van der Waals surface area contributed by atoms with Crippen molar-refractivity contribution in [2.75, 3.05) is 38.2 Å². The van der Waals surface area contributed by atoms with Crippen LogP contribution in [0.4, 0.5) is 5.69 Å². The maximum absolute atomic E-state index is 12.6. The highest BCUT2D eigenvalue weighted by molar-refractivity contribution is 8.23. The van der Waals surface area contributed by atoms with Crippen LogP contribution >= 0.6 is 24.0 Å². The van der Waals surface area contributed by atoms with Crippen molar-refractivity contribution in [2.24, 2.45) is 0 Å². The molecule has 0 radical (unpaired) electrons. The number of carboxylic acid groups (broad SMARTS) is 1. The topological polar surface area (TPSA) is 128 Å². The van der Waals surface area contributed by atoms with E-state index in [2.05, 4.69) is 15.4 Å². The number of carboxylic acids is 1. The first-order valence-electron chi connectivity index (χ1n) is 8.94. The van der Waals surface area contributed by atoms with E-state index < -0.39 is 32.7 Å². The first kappa shape index (κ1) is 26.1. The largest absolute Gasteiger partial charge is 0.480 e. The van der Waals surface area contributed by atoms with Crippen LogP contribution in [0, 0.1) is 0 Å². The van der Waals surface area contributed by atoms with Crippen molar-refractivity contribution in [3.8, 4) is 0 Å². The standard InChI is InChI=1S/C18H28N4O5S3/c1-18(2,29-17(28)19-10-11-22(3)4)14(16(24)25)20-15(23)12-6-8-13(9-7-12)21-30(5,26)27/h6-9,14,21H,10-11H2,1-5H3,(H,19,28)(H,20,23)(H,24,25)/t14-/m1/s1. The lowest BCUT2D eigenvalue weighted by Crippen LogP contribution is -2.53. The number of rotatable bonds is 10. The number of carbonyl (C=O) groups is 2. The van der Waals surface area contributed by atoms with E-state index in [-0.39, 0.29) is 5.56 Å². The van der Waals surface area contributed by atoms with E-state index in [1.54, 1.807) is 13.8 Å². The van der Waals surface area contributed by atoms with Crippen LogP contribution in [0.1, 0.15) is 24.2 Å². The van der Waals surface area contributed by atoms with Crippen molar-refractivity contribution in [3.05, 3.63) is 29.8 Å². The summed E-state index contributed by atoms with van der Waals surface area (Å²) in [4.78, 5) is 26.4. The molecule has 1 aromatic carbocycles. The van der Waals surface area contributed by atoms with Crippen LogP contribution in [0.15, 0.2) is 24.3 Å². The van der Waals surface area contributed by atoms with Gasteiger partial charge in [-0.05, 0) is 52.2 Å². The molecule has 0 aliphatic carbocycles. The Balaban J connectivity index is 2.83. The summed E-state index contributed by atoms with van der Waals surface area (Å²) in [6.45, 7) is 4.77. The molecule has 0 saturated carbocycles. The van der Waals surface area contributed by atoms with Gasteiger partial charge in [0.25, 0.3) is 5.91 Å². The summed E-state index contributed by atoms with van der Waals surface area (Å²) in [7, 11) is 0.429. The molecule has 0 unspecified atom stereocenters. The van der Waals surface area contributed by atoms with Crippen LogP contribution in [0.25, 0.3) is 0 Å². The molecule has 4 N–H and O–H groups in total. The molecular formula is C18H28N4O5S3. The number of aliphatic carboxylic acids is 1. The quantitative estimate of drug-likeness (QED) is 0.368. The van der Waals surface area contributed by atoms with Crippen molar-refractivity contribution in [1.82, 2.24) is 15.5 Å². The molecule has 0 aliphatic rings. The summed E-state index contributed by atoms with van der Waals surface area (Å²) < 4.78 is 24.3. The van der Waals surface area contributed by atoms with Crippen molar-refractivity contribution in [2.45, 2.75) is 24.6 Å². The second kappa shape index (κ2) is 10.9. The predicted molar refractivity (Wildman–Crippen MR) is 125 cm³/mol. The number of nitrogens with zero attached hydrogens (tertiary/aromatic N) is 1. The number of anilines is 1. The number of hydrogen-bond donors (Lipinski definition) is 4. The van der Waals surface area contributed by atoms with Crippen LogP contribution in [-0.4, -0.2) is 78.9 Å². The Hall–Kier alpha value is -1.89. The van der Waals surface area contributed by atoms with E-state index in [1.165, 1.54) is 36.0 Å². The summed E-state index contributed by atoms with van der Waals surface area (Å²) in [5.74, 6) is -1.78. The fourth-order valence-electron chi connectivity index (χ4n) is 2.37. The Kier molecular flexibility index (Phi) is 9.53. The van der Waals surface area contributed by atoms with E-state index >= 15 is 0 Å². The Labute approximate surface area is 187 Å². The highest BCUT2D eigenvalue weighted by Crippen LogP contribution is 2.29. The second-order valence-corrected chi connectivity index (χ2v) is 11.5. The Bertz CT molecular complexity index is 870. The van der Waals surface area contributed by atoms with Gasteiger partial charge < -0.3 is 20.6 Å². The van der Waals surface area contributed by atoms with Gasteiger partial charge in [0, 0.05) is 29.1 Å². The third-order valence-corrected chi connectivity index (χ3v) is 5.94. The zero-order chi connectivity index (χ0) is 23.1. The molecule has 0 heterocycles. The number of sulfonamides is 1. The van der Waals surface area contributed by atoms with Crippen LogP contribution < -0.4 is 15.4 Å². The van der Waals surface area contributed by atoms with Gasteiger partial charge in [-0.2, -0.15) is 0 Å². The Morgan fingerprint density at radius 1 is 1.23 bits per heavy atom. The Morgan fingerprint density at radius 2 is 1.80 bits per heavy atom. The molecule has 1 aromatic rings. The van der Waals surface area contributed by atoms with E-state index in [0.717, 1.165) is 12.8 Å². The minimum atomic E-state index is -3.43. The lowest BCUT2D eigenvalue weighted by atomic mass is 10.0. The number of thioether (sulfide) groups is 1. The molecule has 0 bridgehead atoms. The summed E-state index contributed by atoms with van der Waals surface area (Å²) in [5, 5.41) is 15.3.